The van der Waals surface area contributed by atoms with Gasteiger partial charge in [-0.15, -0.1) is 0 Å². The molecule has 0 saturated carbocycles. The fourth-order valence-corrected chi connectivity index (χ4v) is 31.2. The van der Waals surface area contributed by atoms with Crippen molar-refractivity contribution in [1.29, 1.82) is 0 Å². The van der Waals surface area contributed by atoms with Crippen LogP contribution in [0.4, 0.5) is 0 Å². The Kier molecular flexibility index (Phi) is 6.12. The van der Waals surface area contributed by atoms with E-state index in [0.29, 0.717) is 59.8 Å². The molecule has 0 saturated heterocycles. The maximum atomic E-state index is 2.45. The van der Waals surface area contributed by atoms with Crippen LogP contribution in [0.2, 0.25) is 11.6 Å². The van der Waals surface area contributed by atoms with E-state index in [9.17, 15) is 0 Å². The SMILES string of the molecule is C[Se]C1=C([Se]C)SC(=c2sc3c4c(=C5[Se]C=C[Se]5)c(c-3s2)[Se][Se]4)S1. The second-order valence-corrected chi connectivity index (χ2v) is 25.0. The molecule has 0 atom stereocenters. The van der Waals surface area contributed by atoms with E-state index in [1.165, 1.54) is 0 Å². The van der Waals surface area contributed by atoms with Gasteiger partial charge in [-0.3, -0.25) is 0 Å². The first-order chi connectivity index (χ1) is 11.8. The zero-order chi connectivity index (χ0) is 16.3. The van der Waals surface area contributed by atoms with Crippen LogP contribution < -0.4 is 18.0 Å². The molecule has 0 radical (unpaired) electrons. The van der Waals surface area contributed by atoms with Crippen molar-refractivity contribution in [2.24, 2.45) is 0 Å². The molecule has 0 nitrogen and oxygen atoms in total. The van der Waals surface area contributed by atoms with E-state index >= 15 is 0 Å². The summed E-state index contributed by atoms with van der Waals surface area (Å²) in [6.45, 7) is 0. The molecule has 0 unspecified atom stereocenters. The molecule has 4 aliphatic heterocycles. The molecular weight excluding hydrogens is 770 g/mol. The third-order valence-corrected chi connectivity index (χ3v) is 28.7. The van der Waals surface area contributed by atoms with Gasteiger partial charge in [0.15, 0.2) is 0 Å². The molecule has 5 aliphatic rings. The van der Waals surface area contributed by atoms with E-state index in [1.807, 2.05) is 12.3 Å². The average Bonchev–Trinajstić information content (AvgIpc) is 3.39. The predicted octanol–water partition coefficient (Wildman–Crippen LogP) is 0.638. The summed E-state index contributed by atoms with van der Waals surface area (Å²) in [5.74, 6) is 4.74. The Hall–Kier alpha value is 2.70. The fourth-order valence-electron chi connectivity index (χ4n) is 2.37. The molecule has 0 fully saturated rings. The molecule has 0 aromatic carbocycles. The van der Waals surface area contributed by atoms with Crippen LogP contribution in [-0.2, 0) is 0 Å². The fraction of sp³-hybridized carbons (Fsp3) is 0.143. The van der Waals surface area contributed by atoms with Crippen molar-refractivity contribution >= 4 is 149 Å². The molecular formula is C14H8S4Se6. The summed E-state index contributed by atoms with van der Waals surface area (Å²) in [6, 6.07) is 0. The van der Waals surface area contributed by atoms with Crippen LogP contribution in [0.15, 0.2) is 17.6 Å². The van der Waals surface area contributed by atoms with Gasteiger partial charge in [0.2, 0.25) is 0 Å². The van der Waals surface area contributed by atoms with Crippen LogP contribution in [0.25, 0.3) is 17.4 Å². The molecule has 4 heterocycles. The molecule has 0 N–H and O–H groups in total. The summed E-state index contributed by atoms with van der Waals surface area (Å²) < 4.78 is 12.1. The Labute approximate surface area is 193 Å². The van der Waals surface area contributed by atoms with Crippen LogP contribution >= 0.6 is 46.2 Å². The molecule has 0 spiro atoms. The van der Waals surface area contributed by atoms with Crippen molar-refractivity contribution < 1.29 is 0 Å². The van der Waals surface area contributed by atoms with Crippen LogP contribution in [0.5, 0.6) is 0 Å². The summed E-state index contributed by atoms with van der Waals surface area (Å²) in [4.78, 5) is 8.28. The second-order valence-electron chi connectivity index (χ2n) is 4.62. The number of thioether (sulfide) groups is 2. The summed E-state index contributed by atoms with van der Waals surface area (Å²) in [5, 5.41) is 1.79. The Bertz CT molecular complexity index is 927. The van der Waals surface area contributed by atoms with Crippen molar-refractivity contribution in [3.8, 4) is 9.75 Å². The molecule has 5 rings (SSSR count). The molecule has 10 heteroatoms. The van der Waals surface area contributed by atoms with Crippen molar-refractivity contribution in [1.82, 2.24) is 0 Å². The van der Waals surface area contributed by atoms with Crippen molar-refractivity contribution in [3.05, 3.63) is 26.6 Å². The van der Waals surface area contributed by atoms with Gasteiger partial charge in [-0.05, 0) is 0 Å². The maximum absolute atomic E-state index is 2.45. The molecule has 2 bridgehead atoms. The van der Waals surface area contributed by atoms with Crippen LogP contribution in [0.3, 0.4) is 0 Å². The van der Waals surface area contributed by atoms with Gasteiger partial charge in [0.1, 0.15) is 0 Å². The standard InChI is InChI=1S/C14H8S4Se6/c1-19-12-13(20-2)18-11(17-12)10-15-6-7(16-10)9-5(8(6)23-24-9)14-21-3-4-22-14/h3-4H,1-2H3. The number of fused-ring (bicyclic) bond motifs is 5. The Morgan fingerprint density at radius 2 is 1.38 bits per heavy atom. The van der Waals surface area contributed by atoms with Crippen molar-refractivity contribution in [2.45, 2.75) is 11.6 Å². The molecule has 124 valence electrons. The van der Waals surface area contributed by atoms with E-state index in [0.717, 1.165) is 26.3 Å². The van der Waals surface area contributed by atoms with Gasteiger partial charge >= 0.3 is 197 Å². The minimum absolute atomic E-state index is 0.656. The van der Waals surface area contributed by atoms with E-state index in [4.69, 9.17) is 0 Å². The van der Waals surface area contributed by atoms with Crippen molar-refractivity contribution in [2.75, 3.05) is 0 Å². The zero-order valence-electron chi connectivity index (χ0n) is 12.2. The number of hydrogen-bond donors (Lipinski definition) is 0. The third kappa shape index (κ3) is 3.12. The Morgan fingerprint density at radius 3 is 1.88 bits per heavy atom. The summed E-state index contributed by atoms with van der Waals surface area (Å²) in [5.41, 5.74) is 0. The van der Waals surface area contributed by atoms with Crippen molar-refractivity contribution in [3.63, 3.8) is 0 Å². The number of hydrogen-bond acceptors (Lipinski definition) is 4. The van der Waals surface area contributed by atoms with Gasteiger partial charge in [0, 0.05) is 0 Å². The second kappa shape index (κ2) is 7.85. The first kappa shape index (κ1) is 18.7. The first-order valence-electron chi connectivity index (χ1n) is 6.65. The van der Waals surface area contributed by atoms with Gasteiger partial charge in [0.25, 0.3) is 0 Å². The monoisotopic (exact) mass is 783 g/mol. The van der Waals surface area contributed by atoms with Crippen LogP contribution in [0, 0.1) is 0 Å². The zero-order valence-corrected chi connectivity index (χ0v) is 25.8. The average molecular weight is 778 g/mol. The molecule has 1 aliphatic carbocycles. The topological polar surface area (TPSA) is 0 Å². The Balaban J connectivity index is 1.66. The summed E-state index contributed by atoms with van der Waals surface area (Å²) >= 11 is 12.6. The van der Waals surface area contributed by atoms with E-state index in [-0.39, 0.29) is 0 Å². The normalized spacial score (nSPS) is 19.8. The molecule has 0 aromatic heterocycles. The number of rotatable bonds is 2. The van der Waals surface area contributed by atoms with Gasteiger partial charge in [-0.25, -0.2) is 0 Å². The third-order valence-electron chi connectivity index (χ3n) is 3.36. The van der Waals surface area contributed by atoms with Gasteiger partial charge < -0.3 is 0 Å². The summed E-state index contributed by atoms with van der Waals surface area (Å²) in [7, 11) is 0. The minimum atomic E-state index is 0.656. The van der Waals surface area contributed by atoms with Crippen LogP contribution in [-0.4, -0.2) is 86.1 Å². The van der Waals surface area contributed by atoms with Gasteiger partial charge in [0.05, 0.1) is 0 Å². The van der Waals surface area contributed by atoms with E-state index in [2.05, 4.69) is 67.8 Å². The molecule has 24 heavy (non-hydrogen) atoms. The quantitative estimate of drug-likeness (QED) is 0.412. The molecule has 0 aromatic rings. The predicted molar refractivity (Wildman–Crippen MR) is 122 cm³/mol. The van der Waals surface area contributed by atoms with Gasteiger partial charge in [-0.1, -0.05) is 0 Å². The Morgan fingerprint density at radius 1 is 0.833 bits per heavy atom. The first-order valence-corrected chi connectivity index (χ1v) is 24.8. The summed E-state index contributed by atoms with van der Waals surface area (Å²) in [6.07, 6.45) is 0. The van der Waals surface area contributed by atoms with Gasteiger partial charge in [-0.2, -0.15) is 0 Å². The van der Waals surface area contributed by atoms with E-state index in [1.54, 1.807) is 30.7 Å². The van der Waals surface area contributed by atoms with Crippen LogP contribution in [0.1, 0.15) is 0 Å². The van der Waals surface area contributed by atoms with E-state index < -0.39 is 0 Å². The molecule has 0 amide bonds.